The standard InChI is InChI=1S/C17H23N3O3/c21-16(19-8-2-1-3-9-19)15-5-4-10-20(15)12-14-11-13(17(22)23)6-7-18-14/h6-7,11,15H,1-5,8-10,12H2,(H,22,23)/t15-/m0/s1. The number of rotatable bonds is 4. The van der Waals surface area contributed by atoms with E-state index in [4.69, 9.17) is 5.11 Å². The van der Waals surface area contributed by atoms with E-state index in [0.29, 0.717) is 12.2 Å². The zero-order valence-corrected chi connectivity index (χ0v) is 13.3. The van der Waals surface area contributed by atoms with Crippen molar-refractivity contribution < 1.29 is 14.7 Å². The Balaban J connectivity index is 1.68. The summed E-state index contributed by atoms with van der Waals surface area (Å²) in [4.78, 5) is 32.2. The van der Waals surface area contributed by atoms with Gasteiger partial charge in [0.1, 0.15) is 0 Å². The van der Waals surface area contributed by atoms with Crippen LogP contribution in [-0.4, -0.2) is 57.4 Å². The number of pyridine rings is 1. The molecule has 6 heteroatoms. The number of hydrogen-bond donors (Lipinski definition) is 1. The van der Waals surface area contributed by atoms with Crippen LogP contribution in [0.15, 0.2) is 18.3 Å². The van der Waals surface area contributed by atoms with E-state index in [9.17, 15) is 9.59 Å². The summed E-state index contributed by atoms with van der Waals surface area (Å²) in [5.74, 6) is -0.715. The molecule has 124 valence electrons. The number of aromatic carboxylic acids is 1. The lowest BCUT2D eigenvalue weighted by Crippen LogP contribution is -2.47. The fourth-order valence-electron chi connectivity index (χ4n) is 3.53. The quantitative estimate of drug-likeness (QED) is 0.916. The van der Waals surface area contributed by atoms with Crippen molar-refractivity contribution in [2.75, 3.05) is 19.6 Å². The van der Waals surface area contributed by atoms with Gasteiger partial charge in [-0.05, 0) is 50.8 Å². The molecule has 1 aromatic rings. The highest BCUT2D eigenvalue weighted by Crippen LogP contribution is 2.23. The fraction of sp³-hybridized carbons (Fsp3) is 0.588. The van der Waals surface area contributed by atoms with Gasteiger partial charge in [0.05, 0.1) is 17.3 Å². The van der Waals surface area contributed by atoms with Gasteiger partial charge in [0.25, 0.3) is 0 Å². The Labute approximate surface area is 136 Å². The molecule has 1 N–H and O–H groups in total. The van der Waals surface area contributed by atoms with Crippen LogP contribution in [0.2, 0.25) is 0 Å². The number of carbonyl (C=O) groups is 2. The number of hydrogen-bond acceptors (Lipinski definition) is 4. The Hall–Kier alpha value is -1.95. The van der Waals surface area contributed by atoms with Gasteiger partial charge in [-0.1, -0.05) is 0 Å². The van der Waals surface area contributed by atoms with Crippen LogP contribution in [0.1, 0.15) is 48.2 Å². The summed E-state index contributed by atoms with van der Waals surface area (Å²) in [5, 5.41) is 9.08. The fourth-order valence-corrected chi connectivity index (χ4v) is 3.53. The molecule has 0 radical (unpaired) electrons. The van der Waals surface area contributed by atoms with E-state index in [2.05, 4.69) is 9.88 Å². The maximum Gasteiger partial charge on any atom is 0.335 e. The highest BCUT2D eigenvalue weighted by molar-refractivity contribution is 5.87. The SMILES string of the molecule is O=C(O)c1ccnc(CN2CCC[C@H]2C(=O)N2CCCCC2)c1. The Morgan fingerprint density at radius 1 is 1.17 bits per heavy atom. The largest absolute Gasteiger partial charge is 0.478 e. The third-order valence-electron chi connectivity index (χ3n) is 4.75. The summed E-state index contributed by atoms with van der Waals surface area (Å²) in [6.45, 7) is 3.14. The van der Waals surface area contributed by atoms with Crippen molar-refractivity contribution in [2.24, 2.45) is 0 Å². The van der Waals surface area contributed by atoms with Crippen molar-refractivity contribution in [3.63, 3.8) is 0 Å². The molecular weight excluding hydrogens is 294 g/mol. The molecule has 0 bridgehead atoms. The molecule has 1 atom stereocenters. The summed E-state index contributed by atoms with van der Waals surface area (Å²) in [6.07, 6.45) is 6.82. The lowest BCUT2D eigenvalue weighted by atomic mass is 10.1. The second-order valence-electron chi connectivity index (χ2n) is 6.36. The van der Waals surface area contributed by atoms with E-state index in [-0.39, 0.29) is 17.5 Å². The highest BCUT2D eigenvalue weighted by Gasteiger charge is 2.34. The van der Waals surface area contributed by atoms with Crippen molar-refractivity contribution in [3.05, 3.63) is 29.6 Å². The van der Waals surface area contributed by atoms with Gasteiger partial charge in [-0.3, -0.25) is 14.7 Å². The van der Waals surface area contributed by atoms with Crippen LogP contribution in [0.4, 0.5) is 0 Å². The summed E-state index contributed by atoms with van der Waals surface area (Å²) in [5.41, 5.74) is 0.955. The summed E-state index contributed by atoms with van der Waals surface area (Å²) in [6, 6.07) is 3.01. The number of nitrogens with zero attached hydrogens (tertiary/aromatic N) is 3. The molecule has 1 aromatic heterocycles. The number of carboxylic acid groups (broad SMARTS) is 1. The maximum absolute atomic E-state index is 12.7. The van der Waals surface area contributed by atoms with Crippen LogP contribution in [0, 0.1) is 0 Å². The molecule has 1 amide bonds. The maximum atomic E-state index is 12.7. The van der Waals surface area contributed by atoms with Gasteiger partial charge in [-0.15, -0.1) is 0 Å². The number of aromatic nitrogens is 1. The summed E-state index contributed by atoms with van der Waals surface area (Å²) >= 11 is 0. The molecule has 0 aliphatic carbocycles. The summed E-state index contributed by atoms with van der Waals surface area (Å²) < 4.78 is 0. The van der Waals surface area contributed by atoms with Gasteiger partial charge >= 0.3 is 5.97 Å². The zero-order valence-electron chi connectivity index (χ0n) is 13.3. The van der Waals surface area contributed by atoms with E-state index < -0.39 is 5.97 Å². The van der Waals surface area contributed by atoms with Gasteiger partial charge in [0, 0.05) is 25.8 Å². The first-order valence-corrected chi connectivity index (χ1v) is 8.36. The van der Waals surface area contributed by atoms with E-state index in [0.717, 1.165) is 45.3 Å². The first-order valence-electron chi connectivity index (χ1n) is 8.36. The first kappa shape index (κ1) is 15.9. The molecular formula is C17H23N3O3. The van der Waals surface area contributed by atoms with E-state index in [1.807, 2.05) is 4.90 Å². The number of amides is 1. The Kier molecular flexibility index (Phi) is 4.91. The Morgan fingerprint density at radius 2 is 1.96 bits per heavy atom. The topological polar surface area (TPSA) is 73.7 Å². The molecule has 0 aromatic carbocycles. The third-order valence-corrected chi connectivity index (χ3v) is 4.75. The Morgan fingerprint density at radius 3 is 2.70 bits per heavy atom. The predicted molar refractivity (Wildman–Crippen MR) is 85.1 cm³/mol. The molecule has 6 nitrogen and oxygen atoms in total. The van der Waals surface area contributed by atoms with E-state index >= 15 is 0 Å². The predicted octanol–water partition coefficient (Wildman–Crippen LogP) is 1.76. The van der Waals surface area contributed by atoms with Crippen LogP contribution in [-0.2, 0) is 11.3 Å². The second kappa shape index (κ2) is 7.08. The number of carboxylic acids is 1. The second-order valence-corrected chi connectivity index (χ2v) is 6.36. The van der Waals surface area contributed by atoms with Crippen molar-refractivity contribution in [1.29, 1.82) is 0 Å². The number of likely N-dealkylation sites (tertiary alicyclic amines) is 2. The molecule has 2 aliphatic heterocycles. The van der Waals surface area contributed by atoms with Crippen LogP contribution in [0.25, 0.3) is 0 Å². The minimum absolute atomic E-state index is 0.0802. The van der Waals surface area contributed by atoms with Crippen molar-refractivity contribution in [3.8, 4) is 0 Å². The monoisotopic (exact) mass is 317 g/mol. The normalized spacial score (nSPS) is 22.3. The van der Waals surface area contributed by atoms with Crippen molar-refractivity contribution >= 4 is 11.9 Å². The molecule has 2 saturated heterocycles. The first-order chi connectivity index (χ1) is 11.1. The molecule has 0 spiro atoms. The van der Waals surface area contributed by atoms with Gasteiger partial charge in [0.2, 0.25) is 5.91 Å². The number of carbonyl (C=O) groups excluding carboxylic acids is 1. The van der Waals surface area contributed by atoms with Crippen LogP contribution in [0.5, 0.6) is 0 Å². The Bertz CT molecular complexity index is 584. The minimum Gasteiger partial charge on any atom is -0.478 e. The zero-order chi connectivity index (χ0) is 16.2. The minimum atomic E-state index is -0.948. The molecule has 0 saturated carbocycles. The molecule has 3 heterocycles. The molecule has 3 rings (SSSR count). The lowest BCUT2D eigenvalue weighted by Gasteiger charge is -2.32. The van der Waals surface area contributed by atoms with Gasteiger partial charge in [-0.25, -0.2) is 4.79 Å². The van der Waals surface area contributed by atoms with Gasteiger partial charge < -0.3 is 10.0 Å². The molecule has 2 fully saturated rings. The third kappa shape index (κ3) is 3.69. The van der Waals surface area contributed by atoms with Crippen LogP contribution < -0.4 is 0 Å². The van der Waals surface area contributed by atoms with Crippen LogP contribution >= 0.6 is 0 Å². The summed E-state index contributed by atoms with van der Waals surface area (Å²) in [7, 11) is 0. The number of piperidine rings is 1. The van der Waals surface area contributed by atoms with Crippen LogP contribution in [0.3, 0.4) is 0 Å². The van der Waals surface area contributed by atoms with Crippen molar-refractivity contribution in [2.45, 2.75) is 44.7 Å². The average molecular weight is 317 g/mol. The van der Waals surface area contributed by atoms with E-state index in [1.165, 1.54) is 18.7 Å². The molecule has 0 unspecified atom stereocenters. The highest BCUT2D eigenvalue weighted by atomic mass is 16.4. The molecule has 23 heavy (non-hydrogen) atoms. The average Bonchev–Trinajstić information content (AvgIpc) is 3.03. The van der Waals surface area contributed by atoms with Gasteiger partial charge in [-0.2, -0.15) is 0 Å². The van der Waals surface area contributed by atoms with Gasteiger partial charge in [0.15, 0.2) is 0 Å². The molecule has 2 aliphatic rings. The lowest BCUT2D eigenvalue weighted by molar-refractivity contribution is -0.137. The van der Waals surface area contributed by atoms with E-state index in [1.54, 1.807) is 6.07 Å². The van der Waals surface area contributed by atoms with Crippen molar-refractivity contribution in [1.82, 2.24) is 14.8 Å². The smallest absolute Gasteiger partial charge is 0.335 e.